The van der Waals surface area contributed by atoms with Crippen LogP contribution in [0.1, 0.15) is 20.9 Å². The van der Waals surface area contributed by atoms with Crippen LogP contribution in [-0.4, -0.2) is 21.9 Å². The van der Waals surface area contributed by atoms with Gasteiger partial charge in [-0.15, -0.1) is 11.3 Å². The molecule has 0 bridgehead atoms. The van der Waals surface area contributed by atoms with Gasteiger partial charge in [0.1, 0.15) is 11.0 Å². The number of rotatable bonds is 4. The second kappa shape index (κ2) is 6.94. The highest BCUT2D eigenvalue weighted by Crippen LogP contribution is 2.22. The third-order valence-electron chi connectivity index (χ3n) is 3.22. The average Bonchev–Trinajstić information content (AvgIpc) is 3.19. The second-order valence-corrected chi connectivity index (χ2v) is 6.16. The van der Waals surface area contributed by atoms with Crippen LogP contribution in [0.4, 0.5) is 4.39 Å². The summed E-state index contributed by atoms with van der Waals surface area (Å²) in [5, 5.41) is 10.4. The largest absolute Gasteiger partial charge is 0.281 e. The lowest BCUT2D eigenvalue weighted by molar-refractivity contribution is 0.0959. The van der Waals surface area contributed by atoms with E-state index in [4.69, 9.17) is 11.6 Å². The number of benzene rings is 1. The molecule has 0 saturated carbocycles. The number of thiophene rings is 1. The summed E-state index contributed by atoms with van der Waals surface area (Å²) in [5.41, 5.74) is 4.29. The number of nitrogens with zero attached hydrogens (tertiary/aromatic N) is 3. The summed E-state index contributed by atoms with van der Waals surface area (Å²) in [4.78, 5) is 12.4. The minimum atomic E-state index is -0.336. The number of hydrogen-bond donors (Lipinski definition) is 1. The van der Waals surface area contributed by atoms with E-state index in [1.54, 1.807) is 31.2 Å². The lowest BCUT2D eigenvalue weighted by atomic mass is 10.3. The Balaban J connectivity index is 1.80. The van der Waals surface area contributed by atoms with Crippen LogP contribution in [0.2, 0.25) is 5.15 Å². The van der Waals surface area contributed by atoms with Gasteiger partial charge in [0.25, 0.3) is 5.91 Å². The van der Waals surface area contributed by atoms with Crippen molar-refractivity contribution in [2.24, 2.45) is 5.10 Å². The van der Waals surface area contributed by atoms with Crippen LogP contribution >= 0.6 is 22.9 Å². The molecular weight excluding hydrogens is 351 g/mol. The maximum Gasteiger partial charge on any atom is 0.281 e. The van der Waals surface area contributed by atoms with Crippen molar-refractivity contribution in [3.63, 3.8) is 0 Å². The van der Waals surface area contributed by atoms with Gasteiger partial charge in [-0.25, -0.2) is 14.5 Å². The van der Waals surface area contributed by atoms with Crippen LogP contribution in [0, 0.1) is 12.7 Å². The summed E-state index contributed by atoms with van der Waals surface area (Å²) in [6.45, 7) is 1.77. The van der Waals surface area contributed by atoms with Crippen molar-refractivity contribution in [1.29, 1.82) is 0 Å². The number of aromatic nitrogens is 2. The number of carbonyl (C=O) groups is 1. The highest BCUT2D eigenvalue weighted by Gasteiger charge is 2.13. The van der Waals surface area contributed by atoms with Gasteiger partial charge in [-0.1, -0.05) is 17.7 Å². The Morgan fingerprint density at radius 1 is 1.38 bits per heavy atom. The minimum absolute atomic E-state index is 0.291. The van der Waals surface area contributed by atoms with Gasteiger partial charge in [0.15, 0.2) is 0 Å². The maximum absolute atomic E-state index is 13.0. The van der Waals surface area contributed by atoms with Crippen LogP contribution < -0.4 is 5.43 Å². The monoisotopic (exact) mass is 362 g/mol. The van der Waals surface area contributed by atoms with Gasteiger partial charge < -0.3 is 0 Å². The molecule has 3 aromatic rings. The van der Waals surface area contributed by atoms with Crippen molar-refractivity contribution in [1.82, 2.24) is 15.2 Å². The Morgan fingerprint density at radius 3 is 2.79 bits per heavy atom. The first-order chi connectivity index (χ1) is 11.6. The normalized spacial score (nSPS) is 11.1. The summed E-state index contributed by atoms with van der Waals surface area (Å²) in [6.07, 6.45) is 1.44. The highest BCUT2D eigenvalue weighted by atomic mass is 35.5. The molecule has 0 spiro atoms. The van der Waals surface area contributed by atoms with E-state index < -0.39 is 0 Å². The smallest absolute Gasteiger partial charge is 0.266 e. The molecule has 5 nitrogen and oxygen atoms in total. The van der Waals surface area contributed by atoms with Gasteiger partial charge in [-0.3, -0.25) is 4.79 Å². The number of carbonyl (C=O) groups excluding carboxylic acids is 1. The molecule has 2 heterocycles. The molecule has 0 saturated heterocycles. The average molecular weight is 363 g/mol. The molecular formula is C16H12ClFN4OS. The number of amides is 1. The summed E-state index contributed by atoms with van der Waals surface area (Å²) in [5.74, 6) is -0.627. The van der Waals surface area contributed by atoms with Crippen LogP contribution in [0.25, 0.3) is 5.69 Å². The minimum Gasteiger partial charge on any atom is -0.266 e. The molecule has 0 atom stereocenters. The molecule has 122 valence electrons. The summed E-state index contributed by atoms with van der Waals surface area (Å²) in [6, 6.07) is 9.31. The zero-order valence-corrected chi connectivity index (χ0v) is 14.1. The number of nitrogens with one attached hydrogen (secondary N) is 1. The first kappa shape index (κ1) is 16.4. The number of hydrogen-bond acceptors (Lipinski definition) is 4. The lowest BCUT2D eigenvalue weighted by Crippen LogP contribution is -2.16. The number of aryl methyl sites for hydroxylation is 1. The van der Waals surface area contributed by atoms with Crippen molar-refractivity contribution >= 4 is 35.1 Å². The highest BCUT2D eigenvalue weighted by molar-refractivity contribution is 7.12. The molecule has 0 aliphatic heterocycles. The van der Waals surface area contributed by atoms with Gasteiger partial charge in [-0.05, 0) is 42.6 Å². The van der Waals surface area contributed by atoms with Gasteiger partial charge >= 0.3 is 0 Å². The molecule has 0 aliphatic carbocycles. The Hall–Kier alpha value is -2.51. The van der Waals surface area contributed by atoms with E-state index in [1.807, 2.05) is 5.38 Å². The van der Waals surface area contributed by atoms with E-state index >= 15 is 0 Å². The first-order valence-electron chi connectivity index (χ1n) is 6.94. The van der Waals surface area contributed by atoms with Gasteiger partial charge in [0, 0.05) is 0 Å². The molecule has 3 rings (SSSR count). The Morgan fingerprint density at radius 2 is 2.12 bits per heavy atom. The molecule has 1 amide bonds. The molecule has 0 unspecified atom stereocenters. The zero-order valence-electron chi connectivity index (χ0n) is 12.5. The molecule has 2 aromatic heterocycles. The standard InChI is InChI=1S/C16H12ClFN4OS/c1-10-13(9-19-20-16(23)14-3-2-8-24-14)15(17)22(21-10)12-6-4-11(18)5-7-12/h2-9H,1H3,(H,20,23)/b19-9+. The van der Waals surface area contributed by atoms with E-state index in [2.05, 4.69) is 15.6 Å². The van der Waals surface area contributed by atoms with Crippen LogP contribution in [-0.2, 0) is 0 Å². The van der Waals surface area contributed by atoms with Crippen molar-refractivity contribution in [3.8, 4) is 5.69 Å². The zero-order chi connectivity index (χ0) is 17.1. The second-order valence-electron chi connectivity index (χ2n) is 4.85. The third-order valence-corrected chi connectivity index (χ3v) is 4.46. The van der Waals surface area contributed by atoms with E-state index in [0.717, 1.165) is 0 Å². The number of hydrazone groups is 1. The summed E-state index contributed by atoms with van der Waals surface area (Å²) in [7, 11) is 0. The maximum atomic E-state index is 13.0. The predicted molar refractivity (Wildman–Crippen MR) is 92.6 cm³/mol. The predicted octanol–water partition coefficient (Wildman–Crippen LogP) is 3.80. The lowest BCUT2D eigenvalue weighted by Gasteiger charge is -2.02. The molecule has 1 N–H and O–H groups in total. The van der Waals surface area contributed by atoms with E-state index in [9.17, 15) is 9.18 Å². The van der Waals surface area contributed by atoms with Gasteiger partial charge in [-0.2, -0.15) is 10.2 Å². The summed E-state index contributed by atoms with van der Waals surface area (Å²) >= 11 is 7.65. The third kappa shape index (κ3) is 3.37. The van der Waals surface area contributed by atoms with Crippen LogP contribution in [0.3, 0.4) is 0 Å². The molecule has 0 fully saturated rings. The molecule has 1 aromatic carbocycles. The van der Waals surface area contributed by atoms with E-state index in [-0.39, 0.29) is 11.7 Å². The Kier molecular flexibility index (Phi) is 4.73. The number of halogens is 2. The van der Waals surface area contributed by atoms with Crippen molar-refractivity contribution in [2.75, 3.05) is 0 Å². The van der Waals surface area contributed by atoms with Crippen molar-refractivity contribution in [2.45, 2.75) is 6.92 Å². The van der Waals surface area contributed by atoms with E-state index in [0.29, 0.717) is 27.0 Å². The Labute approximate surface area is 146 Å². The van der Waals surface area contributed by atoms with Gasteiger partial charge in [0.2, 0.25) is 0 Å². The van der Waals surface area contributed by atoms with Gasteiger partial charge in [0.05, 0.1) is 28.0 Å². The van der Waals surface area contributed by atoms with Crippen molar-refractivity contribution < 1.29 is 9.18 Å². The fourth-order valence-corrected chi connectivity index (χ4v) is 2.96. The van der Waals surface area contributed by atoms with Crippen molar-refractivity contribution in [3.05, 3.63) is 68.9 Å². The Bertz CT molecular complexity index is 888. The van der Waals surface area contributed by atoms with E-state index in [1.165, 1.54) is 34.4 Å². The SMILES string of the molecule is Cc1nn(-c2ccc(F)cc2)c(Cl)c1/C=N/NC(=O)c1cccs1. The quantitative estimate of drug-likeness (QED) is 0.567. The fourth-order valence-electron chi connectivity index (χ4n) is 2.03. The molecule has 0 aliphatic rings. The fraction of sp³-hybridized carbons (Fsp3) is 0.0625. The first-order valence-corrected chi connectivity index (χ1v) is 8.20. The molecule has 0 radical (unpaired) electrons. The summed E-state index contributed by atoms with van der Waals surface area (Å²) < 4.78 is 14.5. The van der Waals surface area contributed by atoms with Crippen LogP contribution in [0.15, 0.2) is 46.9 Å². The molecule has 24 heavy (non-hydrogen) atoms. The topological polar surface area (TPSA) is 59.3 Å². The molecule has 8 heteroatoms. The van der Waals surface area contributed by atoms with Crippen LogP contribution in [0.5, 0.6) is 0 Å².